The van der Waals surface area contributed by atoms with Crippen molar-refractivity contribution in [3.05, 3.63) is 24.3 Å². The van der Waals surface area contributed by atoms with Crippen molar-refractivity contribution in [2.45, 2.75) is 17.4 Å². The first kappa shape index (κ1) is 12.4. The molecule has 3 N–H and O–H groups in total. The van der Waals surface area contributed by atoms with E-state index in [0.717, 1.165) is 22.8 Å². The molecule has 1 aromatic carbocycles. The van der Waals surface area contributed by atoms with Crippen molar-refractivity contribution in [2.75, 3.05) is 19.4 Å². The molecule has 84 valence electrons. The number of benzene rings is 1. The predicted octanol–water partition coefficient (Wildman–Crippen LogP) is 1.50. The summed E-state index contributed by atoms with van der Waals surface area (Å²) in [5, 5.41) is 9.27. The van der Waals surface area contributed by atoms with Crippen LogP contribution in [0.3, 0.4) is 0 Å². The fourth-order valence-corrected chi connectivity index (χ4v) is 2.12. The molecule has 1 rings (SSSR count). The topological polar surface area (TPSA) is 55.5 Å². The standard InChI is InChI=1S/C11H17NO2S/c1-14-10-3-2-4-11(7-10)15-6-5-9(13)8-12/h2-4,7,9,13H,5-6,8,12H2,1H3. The molecular weight excluding hydrogens is 210 g/mol. The molecule has 0 radical (unpaired) electrons. The van der Waals surface area contributed by atoms with Gasteiger partial charge in [-0.1, -0.05) is 6.07 Å². The summed E-state index contributed by atoms with van der Waals surface area (Å²) >= 11 is 1.70. The van der Waals surface area contributed by atoms with Gasteiger partial charge in [-0.25, -0.2) is 0 Å². The Morgan fingerprint density at radius 3 is 3.00 bits per heavy atom. The molecule has 0 aliphatic heterocycles. The van der Waals surface area contributed by atoms with Crippen molar-refractivity contribution < 1.29 is 9.84 Å². The molecule has 0 bridgehead atoms. The summed E-state index contributed by atoms with van der Waals surface area (Å²) in [7, 11) is 1.65. The maximum atomic E-state index is 9.27. The van der Waals surface area contributed by atoms with E-state index in [9.17, 15) is 5.11 Å². The lowest BCUT2D eigenvalue weighted by molar-refractivity contribution is 0.180. The first-order valence-corrected chi connectivity index (χ1v) is 5.90. The maximum absolute atomic E-state index is 9.27. The molecule has 0 spiro atoms. The summed E-state index contributed by atoms with van der Waals surface area (Å²) in [4.78, 5) is 1.15. The zero-order valence-corrected chi connectivity index (χ0v) is 9.67. The molecule has 0 fully saturated rings. The molecule has 0 aromatic heterocycles. The number of hydrogen-bond acceptors (Lipinski definition) is 4. The number of aliphatic hydroxyl groups is 1. The van der Waals surface area contributed by atoms with Crippen molar-refractivity contribution in [3.63, 3.8) is 0 Å². The van der Waals surface area contributed by atoms with Crippen LogP contribution in [0.1, 0.15) is 6.42 Å². The highest BCUT2D eigenvalue weighted by molar-refractivity contribution is 7.99. The van der Waals surface area contributed by atoms with Gasteiger partial charge in [0, 0.05) is 17.2 Å². The average Bonchev–Trinajstić information content (AvgIpc) is 2.29. The SMILES string of the molecule is COc1cccc(SCCC(O)CN)c1. The van der Waals surface area contributed by atoms with Crippen LogP contribution in [0.15, 0.2) is 29.2 Å². The zero-order valence-electron chi connectivity index (χ0n) is 8.85. The molecular formula is C11H17NO2S. The van der Waals surface area contributed by atoms with E-state index < -0.39 is 0 Å². The number of ether oxygens (including phenoxy) is 1. The predicted molar refractivity (Wildman–Crippen MR) is 63.4 cm³/mol. The lowest BCUT2D eigenvalue weighted by Crippen LogP contribution is -2.19. The fourth-order valence-electron chi connectivity index (χ4n) is 1.12. The summed E-state index contributed by atoms with van der Waals surface area (Å²) in [6.45, 7) is 0.332. The highest BCUT2D eigenvalue weighted by Gasteiger charge is 2.01. The third-order valence-corrected chi connectivity index (χ3v) is 3.06. The molecule has 15 heavy (non-hydrogen) atoms. The summed E-state index contributed by atoms with van der Waals surface area (Å²) in [5.74, 6) is 1.73. The van der Waals surface area contributed by atoms with Gasteiger partial charge < -0.3 is 15.6 Å². The Hall–Kier alpha value is -0.710. The van der Waals surface area contributed by atoms with Crippen LogP contribution in [-0.4, -0.2) is 30.6 Å². The van der Waals surface area contributed by atoms with E-state index in [1.807, 2.05) is 24.3 Å². The minimum absolute atomic E-state index is 0.332. The van der Waals surface area contributed by atoms with Gasteiger partial charge in [-0.15, -0.1) is 11.8 Å². The monoisotopic (exact) mass is 227 g/mol. The largest absolute Gasteiger partial charge is 0.497 e. The Morgan fingerprint density at radius 1 is 1.53 bits per heavy atom. The second-order valence-electron chi connectivity index (χ2n) is 3.21. The van der Waals surface area contributed by atoms with Gasteiger partial charge in [0.15, 0.2) is 0 Å². The number of methoxy groups -OCH3 is 1. The second-order valence-corrected chi connectivity index (χ2v) is 4.37. The van der Waals surface area contributed by atoms with Gasteiger partial charge >= 0.3 is 0 Å². The van der Waals surface area contributed by atoms with E-state index in [1.165, 1.54) is 0 Å². The van der Waals surface area contributed by atoms with E-state index in [1.54, 1.807) is 18.9 Å². The van der Waals surface area contributed by atoms with Gasteiger partial charge in [0.05, 0.1) is 13.2 Å². The van der Waals surface area contributed by atoms with Crippen LogP contribution in [-0.2, 0) is 0 Å². The molecule has 0 saturated heterocycles. The third kappa shape index (κ3) is 4.55. The molecule has 4 heteroatoms. The van der Waals surface area contributed by atoms with Crippen molar-refractivity contribution in [3.8, 4) is 5.75 Å². The van der Waals surface area contributed by atoms with Crippen LogP contribution in [0.25, 0.3) is 0 Å². The molecule has 0 aliphatic carbocycles. The van der Waals surface area contributed by atoms with Crippen molar-refractivity contribution in [1.82, 2.24) is 0 Å². The molecule has 1 atom stereocenters. The zero-order chi connectivity index (χ0) is 11.1. The molecule has 1 unspecified atom stereocenters. The molecule has 3 nitrogen and oxygen atoms in total. The van der Waals surface area contributed by atoms with Gasteiger partial charge in [-0.3, -0.25) is 0 Å². The first-order valence-electron chi connectivity index (χ1n) is 4.91. The van der Waals surface area contributed by atoms with Gasteiger partial charge in [0.2, 0.25) is 0 Å². The number of thioether (sulfide) groups is 1. The van der Waals surface area contributed by atoms with Gasteiger partial charge in [0.1, 0.15) is 5.75 Å². The lowest BCUT2D eigenvalue weighted by Gasteiger charge is -2.07. The molecule has 0 saturated carbocycles. The number of hydrogen-bond donors (Lipinski definition) is 2. The van der Waals surface area contributed by atoms with E-state index in [0.29, 0.717) is 6.54 Å². The van der Waals surface area contributed by atoms with Crippen LogP contribution in [0.2, 0.25) is 0 Å². The Kier molecular flexibility index (Phi) is 5.53. The third-order valence-electron chi connectivity index (χ3n) is 2.03. The highest BCUT2D eigenvalue weighted by atomic mass is 32.2. The Labute approximate surface area is 94.6 Å². The average molecular weight is 227 g/mol. The molecule has 1 aromatic rings. The number of aliphatic hydroxyl groups excluding tert-OH is 1. The van der Waals surface area contributed by atoms with Gasteiger partial charge in [-0.05, 0) is 24.6 Å². The van der Waals surface area contributed by atoms with E-state index in [2.05, 4.69) is 0 Å². The van der Waals surface area contributed by atoms with Crippen LogP contribution in [0.4, 0.5) is 0 Å². The van der Waals surface area contributed by atoms with Crippen molar-refractivity contribution in [1.29, 1.82) is 0 Å². The van der Waals surface area contributed by atoms with Crippen LogP contribution in [0.5, 0.6) is 5.75 Å². The van der Waals surface area contributed by atoms with Crippen LogP contribution < -0.4 is 10.5 Å². The summed E-state index contributed by atoms with van der Waals surface area (Å²) in [6.07, 6.45) is 0.335. The fraction of sp³-hybridized carbons (Fsp3) is 0.455. The lowest BCUT2D eigenvalue weighted by atomic mass is 10.3. The van der Waals surface area contributed by atoms with Crippen LogP contribution >= 0.6 is 11.8 Å². The van der Waals surface area contributed by atoms with Crippen LogP contribution in [0, 0.1) is 0 Å². The molecule has 0 aliphatic rings. The maximum Gasteiger partial charge on any atom is 0.119 e. The minimum atomic E-state index is -0.386. The van der Waals surface area contributed by atoms with Crippen molar-refractivity contribution in [2.24, 2.45) is 5.73 Å². The smallest absolute Gasteiger partial charge is 0.119 e. The Bertz CT molecular complexity index is 294. The van der Waals surface area contributed by atoms with Crippen molar-refractivity contribution >= 4 is 11.8 Å². The number of rotatable bonds is 6. The quantitative estimate of drug-likeness (QED) is 0.723. The van der Waals surface area contributed by atoms with E-state index in [4.69, 9.17) is 10.5 Å². The van der Waals surface area contributed by atoms with E-state index >= 15 is 0 Å². The van der Waals surface area contributed by atoms with E-state index in [-0.39, 0.29) is 6.10 Å². The normalized spacial score (nSPS) is 12.5. The minimum Gasteiger partial charge on any atom is -0.497 e. The number of nitrogens with two attached hydrogens (primary N) is 1. The Balaban J connectivity index is 2.37. The molecule has 0 heterocycles. The van der Waals surface area contributed by atoms with Gasteiger partial charge in [-0.2, -0.15) is 0 Å². The summed E-state index contributed by atoms with van der Waals surface area (Å²) in [6, 6.07) is 7.89. The first-order chi connectivity index (χ1) is 7.26. The highest BCUT2D eigenvalue weighted by Crippen LogP contribution is 2.23. The summed E-state index contributed by atoms with van der Waals surface area (Å²) in [5.41, 5.74) is 5.32. The summed E-state index contributed by atoms with van der Waals surface area (Å²) < 4.78 is 5.12. The van der Waals surface area contributed by atoms with Gasteiger partial charge in [0.25, 0.3) is 0 Å². The molecule has 0 amide bonds. The second kappa shape index (κ2) is 6.71. The Morgan fingerprint density at radius 2 is 2.33 bits per heavy atom.